The number of anilines is 1. The number of morpholine rings is 1. The Hall–Kier alpha value is -3.55. The summed E-state index contributed by atoms with van der Waals surface area (Å²) in [5.41, 5.74) is 3.13. The first kappa shape index (κ1) is 22.6. The minimum absolute atomic E-state index is 0.0429. The van der Waals surface area contributed by atoms with Crippen LogP contribution in [-0.4, -0.2) is 41.1 Å². The van der Waals surface area contributed by atoms with Gasteiger partial charge in [-0.15, -0.1) is 0 Å². The van der Waals surface area contributed by atoms with Crippen LogP contribution in [0.5, 0.6) is 0 Å². The minimum Gasteiger partial charge on any atom is -0.386 e. The molecule has 1 heterocycles. The number of hydrogen-bond acceptors (Lipinski definition) is 4. The lowest BCUT2D eigenvalue weighted by molar-refractivity contribution is -0.155. The molecule has 7 heteroatoms. The van der Waals surface area contributed by atoms with Crippen LogP contribution < -0.4 is 5.32 Å². The molecule has 0 aromatic heterocycles. The van der Waals surface area contributed by atoms with Crippen molar-refractivity contribution in [2.24, 2.45) is 0 Å². The third-order valence-corrected chi connectivity index (χ3v) is 5.72. The van der Waals surface area contributed by atoms with Gasteiger partial charge in [-0.3, -0.25) is 9.59 Å². The first-order chi connectivity index (χ1) is 15.9. The summed E-state index contributed by atoms with van der Waals surface area (Å²) in [5.74, 6) is -0.945. The SMILES string of the molecule is Cc1ccc(C(=O)Nc2ccc(C(O)[C@H]3COCC(=O)N3Cc3ccccc3F)cc2)cc1. The van der Waals surface area contributed by atoms with Gasteiger partial charge in [0.15, 0.2) is 0 Å². The summed E-state index contributed by atoms with van der Waals surface area (Å²) in [6.07, 6.45) is -1.04. The second-order valence-corrected chi connectivity index (χ2v) is 8.08. The van der Waals surface area contributed by atoms with Crippen LogP contribution in [0.25, 0.3) is 0 Å². The largest absolute Gasteiger partial charge is 0.386 e. The van der Waals surface area contributed by atoms with Gasteiger partial charge in [0.25, 0.3) is 5.91 Å². The number of rotatable bonds is 6. The minimum atomic E-state index is -1.04. The first-order valence-corrected chi connectivity index (χ1v) is 10.7. The van der Waals surface area contributed by atoms with Crippen molar-refractivity contribution in [3.8, 4) is 0 Å². The average molecular weight is 448 g/mol. The number of aliphatic hydroxyl groups is 1. The van der Waals surface area contributed by atoms with Crippen molar-refractivity contribution in [3.63, 3.8) is 0 Å². The zero-order valence-corrected chi connectivity index (χ0v) is 18.2. The maximum atomic E-state index is 14.1. The van der Waals surface area contributed by atoms with Gasteiger partial charge in [-0.05, 0) is 42.8 Å². The van der Waals surface area contributed by atoms with Gasteiger partial charge in [0.2, 0.25) is 5.91 Å². The Bertz CT molecular complexity index is 1130. The van der Waals surface area contributed by atoms with E-state index in [1.165, 1.54) is 11.0 Å². The van der Waals surface area contributed by atoms with Crippen molar-refractivity contribution in [1.82, 2.24) is 4.90 Å². The highest BCUT2D eigenvalue weighted by molar-refractivity contribution is 6.04. The zero-order chi connectivity index (χ0) is 23.4. The maximum absolute atomic E-state index is 14.1. The quantitative estimate of drug-likeness (QED) is 0.601. The molecule has 2 atom stereocenters. The standard InChI is InChI=1S/C26H25FN2O4/c1-17-6-8-19(9-7-17)26(32)28-21-12-10-18(11-13-21)25(31)23-15-33-16-24(30)29(23)14-20-4-2-3-5-22(20)27/h2-13,23,25,31H,14-16H2,1H3,(H,28,32)/t23-,25?/m1/s1. The molecule has 170 valence electrons. The fourth-order valence-corrected chi connectivity index (χ4v) is 3.80. The number of benzene rings is 3. The molecule has 3 aromatic rings. The predicted octanol–water partition coefficient (Wildman–Crippen LogP) is 3.85. The summed E-state index contributed by atoms with van der Waals surface area (Å²) in [7, 11) is 0. The summed E-state index contributed by atoms with van der Waals surface area (Å²) in [6.45, 7) is 2.02. The molecule has 0 radical (unpaired) electrons. The molecule has 0 aliphatic carbocycles. The van der Waals surface area contributed by atoms with E-state index in [-0.39, 0.29) is 31.6 Å². The fourth-order valence-electron chi connectivity index (χ4n) is 3.80. The summed E-state index contributed by atoms with van der Waals surface area (Å²) in [5, 5.41) is 13.8. The van der Waals surface area contributed by atoms with Crippen LogP contribution in [0, 0.1) is 12.7 Å². The third kappa shape index (κ3) is 5.27. The Morgan fingerprint density at radius 1 is 1.12 bits per heavy atom. The molecule has 3 aromatic carbocycles. The summed E-state index contributed by atoms with van der Waals surface area (Å²) < 4.78 is 19.5. The lowest BCUT2D eigenvalue weighted by Crippen LogP contribution is -2.51. The molecule has 0 spiro atoms. The van der Waals surface area contributed by atoms with Gasteiger partial charge in [-0.2, -0.15) is 0 Å². The fraction of sp³-hybridized carbons (Fsp3) is 0.231. The third-order valence-electron chi connectivity index (χ3n) is 5.72. The molecule has 1 unspecified atom stereocenters. The van der Waals surface area contributed by atoms with Crippen LogP contribution >= 0.6 is 0 Å². The number of carbonyl (C=O) groups is 2. The van der Waals surface area contributed by atoms with E-state index in [4.69, 9.17) is 4.74 Å². The van der Waals surface area contributed by atoms with Crippen LogP contribution in [0.4, 0.5) is 10.1 Å². The van der Waals surface area contributed by atoms with Crippen LogP contribution in [0.15, 0.2) is 72.8 Å². The number of carbonyl (C=O) groups excluding carboxylic acids is 2. The molecule has 2 amide bonds. The van der Waals surface area contributed by atoms with Gasteiger partial charge in [0.05, 0.1) is 12.6 Å². The Balaban J connectivity index is 1.47. The molecule has 33 heavy (non-hydrogen) atoms. The van der Waals surface area contributed by atoms with Gasteiger partial charge in [-0.1, -0.05) is 48.0 Å². The number of aliphatic hydroxyl groups excluding tert-OH is 1. The number of ether oxygens (including phenoxy) is 1. The number of hydrogen-bond donors (Lipinski definition) is 2. The monoisotopic (exact) mass is 448 g/mol. The van der Waals surface area contributed by atoms with Crippen molar-refractivity contribution in [1.29, 1.82) is 0 Å². The van der Waals surface area contributed by atoms with Crippen molar-refractivity contribution in [2.45, 2.75) is 25.6 Å². The van der Waals surface area contributed by atoms with E-state index in [0.29, 0.717) is 22.4 Å². The smallest absolute Gasteiger partial charge is 0.255 e. The molecule has 0 saturated carbocycles. The number of aryl methyl sites for hydroxylation is 1. The number of amides is 2. The molecule has 1 aliphatic rings. The average Bonchev–Trinajstić information content (AvgIpc) is 2.82. The van der Waals surface area contributed by atoms with E-state index in [2.05, 4.69) is 5.32 Å². The highest BCUT2D eigenvalue weighted by Gasteiger charge is 2.35. The second kappa shape index (κ2) is 9.94. The van der Waals surface area contributed by atoms with Gasteiger partial charge in [-0.25, -0.2) is 4.39 Å². The number of halogens is 1. The van der Waals surface area contributed by atoms with Gasteiger partial charge in [0, 0.05) is 23.4 Å². The van der Waals surface area contributed by atoms with Crippen LogP contribution in [-0.2, 0) is 16.1 Å². The van der Waals surface area contributed by atoms with Crippen molar-refractivity contribution >= 4 is 17.5 Å². The Morgan fingerprint density at radius 3 is 2.52 bits per heavy atom. The highest BCUT2D eigenvalue weighted by atomic mass is 19.1. The molecule has 6 nitrogen and oxygen atoms in total. The topological polar surface area (TPSA) is 78.9 Å². The van der Waals surface area contributed by atoms with E-state index in [1.807, 2.05) is 19.1 Å². The summed E-state index contributed by atoms with van der Waals surface area (Å²) >= 11 is 0. The Kier molecular flexibility index (Phi) is 6.82. The van der Waals surface area contributed by atoms with Crippen molar-refractivity contribution < 1.29 is 23.8 Å². The lowest BCUT2D eigenvalue weighted by Gasteiger charge is -2.38. The van der Waals surface area contributed by atoms with E-state index in [0.717, 1.165) is 5.56 Å². The van der Waals surface area contributed by atoms with E-state index in [9.17, 15) is 19.1 Å². The summed E-state index contributed by atoms with van der Waals surface area (Å²) in [6, 6.07) is 19.6. The van der Waals surface area contributed by atoms with Crippen LogP contribution in [0.3, 0.4) is 0 Å². The molecule has 2 N–H and O–H groups in total. The molecule has 4 rings (SSSR count). The summed E-state index contributed by atoms with van der Waals surface area (Å²) in [4.78, 5) is 26.4. The van der Waals surface area contributed by atoms with Crippen LogP contribution in [0.2, 0.25) is 0 Å². The number of nitrogens with zero attached hydrogens (tertiary/aromatic N) is 1. The zero-order valence-electron chi connectivity index (χ0n) is 18.2. The van der Waals surface area contributed by atoms with Crippen molar-refractivity contribution in [3.05, 3.63) is 101 Å². The normalized spacial score (nSPS) is 17.0. The maximum Gasteiger partial charge on any atom is 0.255 e. The Labute approximate surface area is 191 Å². The molecule has 1 saturated heterocycles. The van der Waals surface area contributed by atoms with Crippen LogP contribution in [0.1, 0.15) is 33.2 Å². The molecule has 0 bridgehead atoms. The highest BCUT2D eigenvalue weighted by Crippen LogP contribution is 2.27. The van der Waals surface area contributed by atoms with E-state index >= 15 is 0 Å². The molecular formula is C26H25FN2O4. The predicted molar refractivity (Wildman–Crippen MR) is 122 cm³/mol. The second-order valence-electron chi connectivity index (χ2n) is 8.08. The first-order valence-electron chi connectivity index (χ1n) is 10.7. The number of nitrogens with one attached hydrogen (secondary N) is 1. The van der Waals surface area contributed by atoms with E-state index in [1.54, 1.807) is 54.6 Å². The van der Waals surface area contributed by atoms with Gasteiger partial charge >= 0.3 is 0 Å². The van der Waals surface area contributed by atoms with Gasteiger partial charge in [0.1, 0.15) is 18.5 Å². The van der Waals surface area contributed by atoms with E-state index < -0.39 is 18.0 Å². The molecule has 1 aliphatic heterocycles. The van der Waals surface area contributed by atoms with Gasteiger partial charge < -0.3 is 20.1 Å². The Morgan fingerprint density at radius 2 is 1.82 bits per heavy atom. The lowest BCUT2D eigenvalue weighted by atomic mass is 9.99. The molecular weight excluding hydrogens is 423 g/mol. The van der Waals surface area contributed by atoms with Crippen molar-refractivity contribution in [2.75, 3.05) is 18.5 Å². The molecule has 1 fully saturated rings.